The van der Waals surface area contributed by atoms with Crippen molar-refractivity contribution < 1.29 is 27.5 Å². The Morgan fingerprint density at radius 3 is 2.10 bits per heavy atom. The highest BCUT2D eigenvalue weighted by Crippen LogP contribution is 2.43. The molecule has 0 saturated carbocycles. The van der Waals surface area contributed by atoms with E-state index in [2.05, 4.69) is 0 Å². The van der Waals surface area contributed by atoms with Crippen molar-refractivity contribution in [2.24, 2.45) is 5.41 Å². The molecule has 0 aliphatic carbocycles. The molecule has 0 heterocycles. The smallest absolute Gasteiger partial charge is 0.390 e. The topological polar surface area (TPSA) is 37.3 Å². The Hall–Kier alpha value is -1.07. The molecule has 0 saturated heterocycles. The molecular weight excluding hydrogens is 276 g/mol. The molecule has 0 fully saturated rings. The summed E-state index contributed by atoms with van der Waals surface area (Å²) >= 11 is 0. The second-order valence-electron chi connectivity index (χ2n) is 4.92. The quantitative estimate of drug-likeness (QED) is 0.284. The van der Waals surface area contributed by atoms with Crippen LogP contribution in [-0.2, 0) is 4.79 Å². The predicted molar refractivity (Wildman–Crippen MR) is 69.2 cm³/mol. The van der Waals surface area contributed by atoms with Gasteiger partial charge in [0, 0.05) is 17.9 Å². The van der Waals surface area contributed by atoms with E-state index in [9.17, 15) is 27.5 Å². The van der Waals surface area contributed by atoms with Gasteiger partial charge < -0.3 is 5.11 Å². The minimum atomic E-state index is -4.41. The van der Waals surface area contributed by atoms with Gasteiger partial charge >= 0.3 is 6.18 Å². The van der Waals surface area contributed by atoms with Crippen LogP contribution < -0.4 is 0 Å². The summed E-state index contributed by atoms with van der Waals surface area (Å²) in [4.78, 5) is 11.5. The zero-order valence-corrected chi connectivity index (χ0v) is 11.9. The highest BCUT2D eigenvalue weighted by molar-refractivity contribution is 5.90. The molecule has 0 radical (unpaired) electrons. The van der Waals surface area contributed by atoms with E-state index in [4.69, 9.17) is 0 Å². The molecule has 0 aliphatic heterocycles. The van der Waals surface area contributed by atoms with Crippen LogP contribution in [0.4, 0.5) is 17.6 Å². The van der Waals surface area contributed by atoms with Crippen LogP contribution >= 0.6 is 0 Å². The lowest BCUT2D eigenvalue weighted by atomic mass is 9.76. The molecule has 0 aliphatic rings. The van der Waals surface area contributed by atoms with Crippen molar-refractivity contribution in [2.75, 3.05) is 6.67 Å². The third-order valence-electron chi connectivity index (χ3n) is 3.54. The summed E-state index contributed by atoms with van der Waals surface area (Å²) in [7, 11) is 0. The first-order chi connectivity index (χ1) is 9.20. The molecule has 0 aromatic heterocycles. The fourth-order valence-corrected chi connectivity index (χ4v) is 2.11. The standard InChI is InChI=1S/C14H22F4O2/c1-3-13(4-2,10-14(16,17)18)12(20)9-11(19)7-5-6-8-15/h9,20H,3-8,10H2,1-2H3/b12-9-. The average molecular weight is 298 g/mol. The Labute approximate surface area is 116 Å². The van der Waals surface area contributed by atoms with E-state index >= 15 is 0 Å². The maximum absolute atomic E-state index is 12.6. The van der Waals surface area contributed by atoms with Crippen LogP contribution in [0.15, 0.2) is 11.8 Å². The van der Waals surface area contributed by atoms with Gasteiger partial charge in [0.05, 0.1) is 13.1 Å². The molecule has 0 spiro atoms. The molecule has 0 atom stereocenters. The van der Waals surface area contributed by atoms with Gasteiger partial charge in [-0.25, -0.2) is 0 Å². The number of ketones is 1. The lowest BCUT2D eigenvalue weighted by molar-refractivity contribution is -0.158. The summed E-state index contributed by atoms with van der Waals surface area (Å²) in [5, 5.41) is 9.92. The summed E-state index contributed by atoms with van der Waals surface area (Å²) in [6.45, 7) is 2.56. The Bertz CT molecular complexity index is 331. The van der Waals surface area contributed by atoms with Crippen LogP contribution in [0.5, 0.6) is 0 Å². The van der Waals surface area contributed by atoms with Gasteiger partial charge in [0.1, 0.15) is 5.76 Å². The highest BCUT2D eigenvalue weighted by Gasteiger charge is 2.43. The molecular formula is C14H22F4O2. The Kier molecular flexibility index (Phi) is 7.83. The monoisotopic (exact) mass is 298 g/mol. The predicted octanol–water partition coefficient (Wildman–Crippen LogP) is 4.90. The van der Waals surface area contributed by atoms with Crippen molar-refractivity contribution in [1.82, 2.24) is 0 Å². The first-order valence-corrected chi connectivity index (χ1v) is 6.77. The minimum Gasteiger partial charge on any atom is -0.512 e. The Morgan fingerprint density at radius 2 is 1.70 bits per heavy atom. The van der Waals surface area contributed by atoms with Gasteiger partial charge in [-0.1, -0.05) is 13.8 Å². The van der Waals surface area contributed by atoms with Gasteiger partial charge in [0.2, 0.25) is 0 Å². The minimum absolute atomic E-state index is 0.0313. The average Bonchev–Trinajstić information content (AvgIpc) is 2.35. The number of aliphatic hydroxyl groups excluding tert-OH is 1. The van der Waals surface area contributed by atoms with E-state index in [0.717, 1.165) is 6.08 Å². The van der Waals surface area contributed by atoms with E-state index in [1.54, 1.807) is 13.8 Å². The number of carbonyl (C=O) groups excluding carboxylic acids is 1. The highest BCUT2D eigenvalue weighted by atomic mass is 19.4. The first kappa shape index (κ1) is 18.9. The molecule has 2 nitrogen and oxygen atoms in total. The number of hydrogen-bond donors (Lipinski definition) is 1. The van der Waals surface area contributed by atoms with E-state index in [-0.39, 0.29) is 25.7 Å². The number of rotatable bonds is 9. The maximum Gasteiger partial charge on any atom is 0.390 e. The molecule has 6 heteroatoms. The van der Waals surface area contributed by atoms with E-state index < -0.39 is 36.2 Å². The van der Waals surface area contributed by atoms with Gasteiger partial charge in [-0.3, -0.25) is 9.18 Å². The SMILES string of the molecule is CCC(CC)(CC(F)(F)F)/C(O)=C/C(=O)CCCCF. The zero-order chi connectivity index (χ0) is 15.8. The van der Waals surface area contributed by atoms with E-state index in [1.165, 1.54) is 0 Å². The van der Waals surface area contributed by atoms with E-state index in [1.807, 2.05) is 0 Å². The van der Waals surface area contributed by atoms with Gasteiger partial charge in [0.15, 0.2) is 5.78 Å². The summed E-state index contributed by atoms with van der Waals surface area (Å²) in [5.74, 6) is -0.991. The second kappa shape index (κ2) is 8.27. The number of carbonyl (C=O) groups is 1. The molecule has 0 amide bonds. The Balaban J connectivity index is 4.95. The molecule has 1 N–H and O–H groups in total. The summed E-state index contributed by atoms with van der Waals surface area (Å²) in [6, 6.07) is 0. The number of hydrogen-bond acceptors (Lipinski definition) is 2. The molecule has 0 rings (SSSR count). The molecule has 20 heavy (non-hydrogen) atoms. The first-order valence-electron chi connectivity index (χ1n) is 6.77. The lowest BCUT2D eigenvalue weighted by Crippen LogP contribution is -2.29. The Morgan fingerprint density at radius 1 is 1.15 bits per heavy atom. The summed E-state index contributed by atoms with van der Waals surface area (Å²) < 4.78 is 49.7. The van der Waals surface area contributed by atoms with Gasteiger partial charge in [-0.2, -0.15) is 13.2 Å². The molecule has 0 aromatic carbocycles. The lowest BCUT2D eigenvalue weighted by Gasteiger charge is -2.31. The van der Waals surface area contributed by atoms with Crippen LogP contribution in [0.1, 0.15) is 52.4 Å². The second-order valence-corrected chi connectivity index (χ2v) is 4.92. The number of unbranched alkanes of at least 4 members (excludes halogenated alkanes) is 1. The van der Waals surface area contributed by atoms with Gasteiger partial charge in [0.25, 0.3) is 0 Å². The third kappa shape index (κ3) is 6.39. The fraction of sp³-hybridized carbons (Fsp3) is 0.786. The third-order valence-corrected chi connectivity index (χ3v) is 3.54. The molecule has 0 bridgehead atoms. The zero-order valence-electron chi connectivity index (χ0n) is 11.9. The number of alkyl halides is 4. The molecule has 0 unspecified atom stereocenters. The van der Waals surface area contributed by atoms with Crippen molar-refractivity contribution in [3.8, 4) is 0 Å². The van der Waals surface area contributed by atoms with Crippen molar-refractivity contribution in [3.63, 3.8) is 0 Å². The van der Waals surface area contributed by atoms with Gasteiger partial charge in [-0.05, 0) is 25.7 Å². The fourth-order valence-electron chi connectivity index (χ4n) is 2.11. The van der Waals surface area contributed by atoms with Crippen LogP contribution in [0.3, 0.4) is 0 Å². The van der Waals surface area contributed by atoms with Crippen LogP contribution in [0.25, 0.3) is 0 Å². The van der Waals surface area contributed by atoms with Crippen LogP contribution in [-0.4, -0.2) is 23.7 Å². The van der Waals surface area contributed by atoms with Crippen LogP contribution in [0, 0.1) is 5.41 Å². The normalized spacial score (nSPS) is 13.6. The largest absolute Gasteiger partial charge is 0.512 e. The van der Waals surface area contributed by atoms with Gasteiger partial charge in [-0.15, -0.1) is 0 Å². The number of halogens is 4. The molecule has 0 aromatic rings. The van der Waals surface area contributed by atoms with E-state index in [0.29, 0.717) is 6.42 Å². The molecule has 118 valence electrons. The van der Waals surface area contributed by atoms with Crippen LogP contribution in [0.2, 0.25) is 0 Å². The number of aliphatic hydroxyl groups is 1. The van der Waals surface area contributed by atoms with Crippen molar-refractivity contribution in [2.45, 2.75) is 58.5 Å². The maximum atomic E-state index is 12.6. The summed E-state index contributed by atoms with van der Waals surface area (Å²) in [5.41, 5.74) is -1.45. The van der Waals surface area contributed by atoms with Crippen molar-refractivity contribution in [3.05, 3.63) is 11.8 Å². The number of allylic oxidation sites excluding steroid dienone is 2. The van der Waals surface area contributed by atoms with Crippen molar-refractivity contribution >= 4 is 5.78 Å². The summed E-state index contributed by atoms with van der Waals surface area (Å²) in [6.07, 6.45) is -3.94. The van der Waals surface area contributed by atoms with Crippen molar-refractivity contribution in [1.29, 1.82) is 0 Å².